The second-order valence-corrected chi connectivity index (χ2v) is 6.43. The van der Waals surface area contributed by atoms with Crippen molar-refractivity contribution in [3.8, 4) is 0 Å². The third-order valence-corrected chi connectivity index (χ3v) is 6.52. The van der Waals surface area contributed by atoms with Gasteiger partial charge in [-0.05, 0) is 36.5 Å². The molecule has 2 heteroatoms. The van der Waals surface area contributed by atoms with Gasteiger partial charge in [-0.1, -0.05) is 22.6 Å². The summed E-state index contributed by atoms with van der Waals surface area (Å²) < 4.78 is 0.743. The van der Waals surface area contributed by atoms with Crippen LogP contribution in [0.1, 0.15) is 19.3 Å². The second-order valence-electron chi connectivity index (χ2n) is 4.15. The van der Waals surface area contributed by atoms with Crippen molar-refractivity contribution < 1.29 is 0 Å². The highest BCUT2D eigenvalue weighted by Gasteiger charge is 2.83. The van der Waals surface area contributed by atoms with Crippen LogP contribution >= 0.6 is 34.2 Å². The fourth-order valence-electron chi connectivity index (χ4n) is 3.70. The van der Waals surface area contributed by atoms with Crippen LogP contribution in [0.25, 0.3) is 0 Å². The van der Waals surface area contributed by atoms with E-state index >= 15 is 0 Å². The van der Waals surface area contributed by atoms with Crippen LogP contribution in [0.2, 0.25) is 0 Å². The Morgan fingerprint density at radius 3 is 2.30 bits per heavy atom. The summed E-state index contributed by atoms with van der Waals surface area (Å²) in [6.45, 7) is 0. The van der Waals surface area contributed by atoms with Crippen molar-refractivity contribution in [3.05, 3.63) is 0 Å². The average molecular weight is 269 g/mol. The van der Waals surface area contributed by atoms with Gasteiger partial charge in [0, 0.05) is 9.30 Å². The van der Waals surface area contributed by atoms with E-state index in [0.29, 0.717) is 5.41 Å². The lowest BCUT2D eigenvalue weighted by Crippen LogP contribution is -2.75. The molecule has 0 nitrogen and oxygen atoms in total. The molecular weight excluding hydrogens is 258 g/mol. The van der Waals surface area contributed by atoms with Crippen molar-refractivity contribution in [1.82, 2.24) is 0 Å². The van der Waals surface area contributed by atoms with Crippen molar-refractivity contribution in [3.63, 3.8) is 0 Å². The van der Waals surface area contributed by atoms with E-state index in [-0.39, 0.29) is 0 Å². The fourth-order valence-corrected chi connectivity index (χ4v) is 6.74. The molecule has 4 bridgehead atoms. The van der Waals surface area contributed by atoms with E-state index < -0.39 is 0 Å². The third kappa shape index (κ3) is 0.381. The van der Waals surface area contributed by atoms with Crippen LogP contribution in [0.15, 0.2) is 0 Å². The van der Waals surface area contributed by atoms with E-state index in [0.717, 1.165) is 21.1 Å². The van der Waals surface area contributed by atoms with Crippen molar-refractivity contribution in [1.29, 1.82) is 0 Å². The highest BCUT2D eigenvalue weighted by atomic mass is 127. The summed E-state index contributed by atoms with van der Waals surface area (Å²) in [5.41, 5.74) is 0.656. The summed E-state index contributed by atoms with van der Waals surface area (Å²) in [6, 6.07) is 0. The Hall–Kier alpha value is 1.02. The Labute approximate surface area is 79.8 Å². The molecule has 5 aliphatic carbocycles. The summed E-state index contributed by atoms with van der Waals surface area (Å²) >= 11 is 8.65. The molecule has 5 fully saturated rings. The van der Waals surface area contributed by atoms with Gasteiger partial charge in [0.1, 0.15) is 0 Å². The zero-order chi connectivity index (χ0) is 6.98. The third-order valence-electron chi connectivity index (χ3n) is 4.14. The molecule has 0 saturated heterocycles. The van der Waals surface area contributed by atoms with Crippen LogP contribution in [-0.2, 0) is 0 Å². The van der Waals surface area contributed by atoms with Crippen LogP contribution in [0.5, 0.6) is 0 Å². The van der Waals surface area contributed by atoms with Gasteiger partial charge < -0.3 is 0 Å². The van der Waals surface area contributed by atoms with Crippen molar-refractivity contribution in [2.45, 2.75) is 22.7 Å². The minimum atomic E-state index is 0.656. The van der Waals surface area contributed by atoms with Crippen molar-refractivity contribution in [2.75, 3.05) is 5.88 Å². The average Bonchev–Trinajstić information content (AvgIpc) is 2.36. The normalized spacial score (nSPS) is 69.0. The minimum Gasteiger partial charge on any atom is -0.126 e. The zero-order valence-corrected chi connectivity index (χ0v) is 8.65. The topological polar surface area (TPSA) is 0 Å². The SMILES string of the molecule is ClCC12CC3(I)C1CCC32. The van der Waals surface area contributed by atoms with E-state index in [2.05, 4.69) is 22.6 Å². The van der Waals surface area contributed by atoms with Crippen LogP contribution in [0.3, 0.4) is 0 Å². The van der Waals surface area contributed by atoms with E-state index in [1.165, 1.54) is 19.3 Å². The van der Waals surface area contributed by atoms with E-state index in [4.69, 9.17) is 11.6 Å². The second kappa shape index (κ2) is 1.54. The number of halogens is 2. The first-order valence-corrected chi connectivity index (χ1v) is 5.60. The number of fused-ring (bicyclic) bond motifs is 1. The molecule has 0 aromatic carbocycles. The quantitative estimate of drug-likeness (QED) is 0.507. The van der Waals surface area contributed by atoms with Gasteiger partial charge in [-0.3, -0.25) is 0 Å². The zero-order valence-electron chi connectivity index (χ0n) is 5.74. The standard InChI is InChI=1S/C8H10ClI/c9-4-7-3-8(10)5(7)1-2-6(7)8/h5-6H,1-4H2. The van der Waals surface area contributed by atoms with Gasteiger partial charge in [-0.15, -0.1) is 11.6 Å². The number of hydrogen-bond donors (Lipinski definition) is 0. The fraction of sp³-hybridized carbons (Fsp3) is 1.00. The number of hydrogen-bond acceptors (Lipinski definition) is 0. The Kier molecular flexibility index (Phi) is 1.00. The van der Waals surface area contributed by atoms with Crippen LogP contribution < -0.4 is 0 Å². The van der Waals surface area contributed by atoms with E-state index in [9.17, 15) is 0 Å². The first-order valence-electron chi connectivity index (χ1n) is 3.99. The Bertz CT molecular complexity index is 189. The minimum absolute atomic E-state index is 0.656. The number of rotatable bonds is 1. The molecule has 56 valence electrons. The summed E-state index contributed by atoms with van der Waals surface area (Å²) in [5.74, 6) is 2.97. The van der Waals surface area contributed by atoms with Crippen LogP contribution in [-0.4, -0.2) is 9.30 Å². The lowest BCUT2D eigenvalue weighted by molar-refractivity contribution is -0.151. The molecule has 0 spiro atoms. The summed E-state index contributed by atoms with van der Waals surface area (Å²) in [7, 11) is 0. The summed E-state index contributed by atoms with van der Waals surface area (Å²) in [4.78, 5) is 0. The molecule has 0 heterocycles. The predicted molar refractivity (Wildman–Crippen MR) is 50.7 cm³/mol. The lowest BCUT2D eigenvalue weighted by Gasteiger charge is -2.75. The molecule has 0 aliphatic heterocycles. The molecular formula is C8H10ClI. The summed E-state index contributed by atoms with van der Waals surface area (Å²) in [5, 5.41) is 0. The molecule has 0 aromatic heterocycles. The highest BCUT2D eigenvalue weighted by Crippen LogP contribution is 2.86. The van der Waals surface area contributed by atoms with Gasteiger partial charge in [-0.2, -0.15) is 0 Å². The van der Waals surface area contributed by atoms with Crippen LogP contribution in [0, 0.1) is 17.3 Å². The smallest absolute Gasteiger partial charge is 0.0296 e. The van der Waals surface area contributed by atoms with Gasteiger partial charge in [0.25, 0.3) is 0 Å². The maximum Gasteiger partial charge on any atom is 0.0296 e. The molecule has 2 unspecified atom stereocenters. The van der Waals surface area contributed by atoms with Gasteiger partial charge in [0.15, 0.2) is 0 Å². The molecule has 2 atom stereocenters. The van der Waals surface area contributed by atoms with Crippen molar-refractivity contribution >= 4 is 34.2 Å². The molecule has 5 aliphatic rings. The number of alkyl halides is 2. The van der Waals surface area contributed by atoms with Gasteiger partial charge in [-0.25, -0.2) is 0 Å². The Balaban J connectivity index is 2.00. The highest BCUT2D eigenvalue weighted by molar-refractivity contribution is 14.1. The molecule has 0 radical (unpaired) electrons. The molecule has 0 amide bonds. The van der Waals surface area contributed by atoms with Gasteiger partial charge >= 0.3 is 0 Å². The first-order chi connectivity index (χ1) is 4.74. The van der Waals surface area contributed by atoms with E-state index in [1.807, 2.05) is 0 Å². The van der Waals surface area contributed by atoms with Gasteiger partial charge in [0.05, 0.1) is 0 Å². The molecule has 10 heavy (non-hydrogen) atoms. The largest absolute Gasteiger partial charge is 0.126 e. The monoisotopic (exact) mass is 268 g/mol. The Morgan fingerprint density at radius 2 is 2.00 bits per heavy atom. The van der Waals surface area contributed by atoms with Gasteiger partial charge in [0.2, 0.25) is 0 Å². The van der Waals surface area contributed by atoms with E-state index in [1.54, 1.807) is 0 Å². The maximum absolute atomic E-state index is 5.97. The van der Waals surface area contributed by atoms with Crippen molar-refractivity contribution in [2.24, 2.45) is 17.3 Å². The first kappa shape index (κ1) is 6.53. The predicted octanol–water partition coefficient (Wildman–Crippen LogP) is 2.83. The Morgan fingerprint density at radius 1 is 1.40 bits per heavy atom. The molecule has 5 rings (SSSR count). The summed E-state index contributed by atoms with van der Waals surface area (Å²) in [6.07, 6.45) is 4.38. The van der Waals surface area contributed by atoms with Crippen LogP contribution in [0.4, 0.5) is 0 Å². The molecule has 0 aromatic rings. The lowest BCUT2D eigenvalue weighted by atomic mass is 9.36. The maximum atomic E-state index is 5.97. The molecule has 5 saturated carbocycles. The molecule has 0 N–H and O–H groups in total.